The molecule has 1 aromatic carbocycles. The maximum atomic E-state index is 12.5. The largest absolute Gasteiger partial charge is 0.478 e. The first-order chi connectivity index (χ1) is 10.0. The summed E-state index contributed by atoms with van der Waals surface area (Å²) in [6, 6.07) is 4.31. The van der Waals surface area contributed by atoms with Crippen molar-refractivity contribution in [3.05, 3.63) is 23.8 Å². The zero-order valence-corrected chi connectivity index (χ0v) is 12.3. The second-order valence-electron chi connectivity index (χ2n) is 4.88. The van der Waals surface area contributed by atoms with Crippen molar-refractivity contribution in [1.29, 1.82) is 0 Å². The Morgan fingerprint density at radius 3 is 2.81 bits per heavy atom. The van der Waals surface area contributed by atoms with Gasteiger partial charge < -0.3 is 14.6 Å². The number of methoxy groups -OCH3 is 1. The van der Waals surface area contributed by atoms with E-state index in [1.807, 2.05) is 6.92 Å². The molecule has 114 valence electrons. The molecule has 0 aliphatic carbocycles. The predicted molar refractivity (Wildman–Crippen MR) is 76.0 cm³/mol. The fourth-order valence-electron chi connectivity index (χ4n) is 2.36. The molecule has 21 heavy (non-hydrogen) atoms. The first-order valence-corrected chi connectivity index (χ1v) is 6.84. The third-order valence-electron chi connectivity index (χ3n) is 3.55. The summed E-state index contributed by atoms with van der Waals surface area (Å²) in [6.07, 6.45) is -0.148. The maximum Gasteiger partial charge on any atom is 0.328 e. The highest BCUT2D eigenvalue weighted by Crippen LogP contribution is 2.37. The highest BCUT2D eigenvalue weighted by molar-refractivity contribution is 6.04. The monoisotopic (exact) mass is 293 g/mol. The first kappa shape index (κ1) is 15.3. The van der Waals surface area contributed by atoms with E-state index in [1.165, 1.54) is 12.0 Å². The van der Waals surface area contributed by atoms with Crippen molar-refractivity contribution in [1.82, 2.24) is 0 Å². The molecule has 1 aromatic rings. The number of anilines is 1. The summed E-state index contributed by atoms with van der Waals surface area (Å²) in [5.74, 6) is -0.263. The summed E-state index contributed by atoms with van der Waals surface area (Å²) in [7, 11) is 1.29. The molecule has 1 aliphatic rings. The molecule has 0 aromatic heterocycles. The third kappa shape index (κ3) is 2.71. The van der Waals surface area contributed by atoms with Crippen LogP contribution in [-0.2, 0) is 20.9 Å². The van der Waals surface area contributed by atoms with Crippen LogP contribution in [0.1, 0.15) is 25.8 Å². The molecule has 0 radical (unpaired) electrons. The predicted octanol–water partition coefficient (Wildman–Crippen LogP) is 1.24. The van der Waals surface area contributed by atoms with Crippen molar-refractivity contribution in [2.24, 2.45) is 0 Å². The number of hydrogen-bond acceptors (Lipinski definition) is 5. The Labute approximate surface area is 123 Å². The normalized spacial score (nSPS) is 18.8. The molecular formula is C15H19NO5. The molecule has 1 heterocycles. The summed E-state index contributed by atoms with van der Waals surface area (Å²) < 4.78 is 10.4. The van der Waals surface area contributed by atoms with Gasteiger partial charge in [-0.3, -0.25) is 9.69 Å². The molecule has 2 rings (SSSR count). The molecule has 2 atom stereocenters. The minimum atomic E-state index is -0.737. The number of benzene rings is 1. The Bertz CT molecular complexity index is 557. The number of carbonyl (C=O) groups excluding carboxylic acids is 2. The quantitative estimate of drug-likeness (QED) is 0.845. The average molecular weight is 293 g/mol. The van der Waals surface area contributed by atoms with E-state index in [1.54, 1.807) is 25.1 Å². The van der Waals surface area contributed by atoms with Crippen LogP contribution in [-0.4, -0.2) is 36.2 Å². The minimum Gasteiger partial charge on any atom is -0.478 e. The van der Waals surface area contributed by atoms with Gasteiger partial charge in [-0.1, -0.05) is 13.0 Å². The Balaban J connectivity index is 2.48. The van der Waals surface area contributed by atoms with Crippen molar-refractivity contribution >= 4 is 17.6 Å². The van der Waals surface area contributed by atoms with Crippen LogP contribution in [0, 0.1) is 0 Å². The summed E-state index contributed by atoms with van der Waals surface area (Å²) in [6.45, 7) is 3.34. The molecule has 6 heteroatoms. The van der Waals surface area contributed by atoms with Gasteiger partial charge in [0.25, 0.3) is 5.91 Å². The zero-order chi connectivity index (χ0) is 15.6. The van der Waals surface area contributed by atoms with Gasteiger partial charge in [0.2, 0.25) is 0 Å². The topological polar surface area (TPSA) is 76.1 Å². The highest BCUT2D eigenvalue weighted by atomic mass is 16.5. The Hall–Kier alpha value is -2.08. The Kier molecular flexibility index (Phi) is 4.47. The molecule has 1 amide bonds. The van der Waals surface area contributed by atoms with Crippen molar-refractivity contribution in [3.63, 3.8) is 0 Å². The lowest BCUT2D eigenvalue weighted by Gasteiger charge is -2.36. The Morgan fingerprint density at radius 2 is 2.24 bits per heavy atom. The SMILES string of the molecule is CCC1Oc2cc(CO)ccc2N(C(C)C(=O)OC)C1=O. The molecule has 6 nitrogen and oxygen atoms in total. The standard InChI is InChI=1S/C15H19NO5/c1-4-12-14(18)16(9(2)15(19)20-3)11-6-5-10(8-17)7-13(11)21-12/h5-7,9,12,17H,4,8H2,1-3H3. The van der Waals surface area contributed by atoms with E-state index in [-0.39, 0.29) is 12.5 Å². The summed E-state index contributed by atoms with van der Waals surface area (Å²) in [5.41, 5.74) is 1.20. The van der Waals surface area contributed by atoms with E-state index in [0.717, 1.165) is 0 Å². The van der Waals surface area contributed by atoms with Crippen LogP contribution in [0.2, 0.25) is 0 Å². The van der Waals surface area contributed by atoms with Crippen molar-refractivity contribution < 1.29 is 24.2 Å². The number of esters is 1. The van der Waals surface area contributed by atoms with E-state index in [4.69, 9.17) is 9.47 Å². The van der Waals surface area contributed by atoms with Crippen molar-refractivity contribution in [2.75, 3.05) is 12.0 Å². The van der Waals surface area contributed by atoms with E-state index in [9.17, 15) is 14.7 Å². The van der Waals surface area contributed by atoms with E-state index in [2.05, 4.69) is 0 Å². The number of hydrogen-bond donors (Lipinski definition) is 1. The lowest BCUT2D eigenvalue weighted by Crippen LogP contribution is -2.52. The number of fused-ring (bicyclic) bond motifs is 1. The van der Waals surface area contributed by atoms with Crippen LogP contribution < -0.4 is 9.64 Å². The molecule has 0 saturated carbocycles. The van der Waals surface area contributed by atoms with Gasteiger partial charge in [-0.2, -0.15) is 0 Å². The molecule has 0 spiro atoms. The van der Waals surface area contributed by atoms with Crippen molar-refractivity contribution in [3.8, 4) is 5.75 Å². The number of carbonyl (C=O) groups is 2. The first-order valence-electron chi connectivity index (χ1n) is 6.84. The van der Waals surface area contributed by atoms with Gasteiger partial charge in [-0.15, -0.1) is 0 Å². The third-order valence-corrected chi connectivity index (χ3v) is 3.55. The lowest BCUT2D eigenvalue weighted by atomic mass is 10.1. The highest BCUT2D eigenvalue weighted by Gasteiger charge is 2.38. The number of nitrogens with zero attached hydrogens (tertiary/aromatic N) is 1. The van der Waals surface area contributed by atoms with Crippen molar-refractivity contribution in [2.45, 2.75) is 39.0 Å². The van der Waals surface area contributed by atoms with Gasteiger partial charge in [-0.25, -0.2) is 4.79 Å². The molecule has 0 saturated heterocycles. The van der Waals surface area contributed by atoms with Crippen LogP contribution in [0.4, 0.5) is 5.69 Å². The number of ether oxygens (including phenoxy) is 2. The molecule has 1 aliphatic heterocycles. The van der Waals surface area contributed by atoms with E-state index < -0.39 is 18.1 Å². The maximum absolute atomic E-state index is 12.5. The Morgan fingerprint density at radius 1 is 1.52 bits per heavy atom. The van der Waals surface area contributed by atoms with Crippen LogP contribution >= 0.6 is 0 Å². The smallest absolute Gasteiger partial charge is 0.328 e. The molecular weight excluding hydrogens is 274 g/mol. The molecule has 2 unspecified atom stereocenters. The average Bonchev–Trinajstić information content (AvgIpc) is 2.52. The van der Waals surface area contributed by atoms with Crippen LogP contribution in [0.5, 0.6) is 5.75 Å². The summed E-state index contributed by atoms with van der Waals surface area (Å²) >= 11 is 0. The van der Waals surface area contributed by atoms with Gasteiger partial charge in [-0.05, 0) is 31.0 Å². The summed E-state index contributed by atoms with van der Waals surface area (Å²) in [5, 5.41) is 9.21. The molecule has 0 fully saturated rings. The minimum absolute atomic E-state index is 0.117. The van der Waals surface area contributed by atoms with Gasteiger partial charge in [0, 0.05) is 0 Å². The fraction of sp³-hybridized carbons (Fsp3) is 0.467. The van der Waals surface area contributed by atoms with E-state index >= 15 is 0 Å². The number of aliphatic hydroxyl groups is 1. The van der Waals surface area contributed by atoms with Gasteiger partial charge in [0.1, 0.15) is 11.8 Å². The van der Waals surface area contributed by atoms with E-state index in [0.29, 0.717) is 23.4 Å². The lowest BCUT2D eigenvalue weighted by molar-refractivity contribution is -0.144. The van der Waals surface area contributed by atoms with Gasteiger partial charge >= 0.3 is 5.97 Å². The van der Waals surface area contributed by atoms with Crippen LogP contribution in [0.15, 0.2) is 18.2 Å². The van der Waals surface area contributed by atoms with Crippen LogP contribution in [0.3, 0.4) is 0 Å². The number of rotatable bonds is 4. The fourth-order valence-corrected chi connectivity index (χ4v) is 2.36. The molecule has 1 N–H and O–H groups in total. The number of aliphatic hydroxyl groups excluding tert-OH is 1. The second kappa shape index (κ2) is 6.13. The second-order valence-corrected chi connectivity index (χ2v) is 4.88. The van der Waals surface area contributed by atoms with Crippen LogP contribution in [0.25, 0.3) is 0 Å². The zero-order valence-electron chi connectivity index (χ0n) is 12.3. The number of amides is 1. The summed E-state index contributed by atoms with van der Waals surface area (Å²) in [4.78, 5) is 25.7. The van der Waals surface area contributed by atoms with Gasteiger partial charge in [0.05, 0.1) is 19.4 Å². The molecule has 0 bridgehead atoms. The van der Waals surface area contributed by atoms with Gasteiger partial charge in [0.15, 0.2) is 6.10 Å².